The Kier molecular flexibility index (Phi) is 10.5. The second-order valence-corrected chi connectivity index (χ2v) is 9.71. The molecule has 4 nitrogen and oxygen atoms in total. The van der Waals surface area contributed by atoms with Gasteiger partial charge in [-0.1, -0.05) is 71.2 Å². The van der Waals surface area contributed by atoms with E-state index in [-0.39, 0.29) is 17.4 Å². The summed E-state index contributed by atoms with van der Waals surface area (Å²) in [6.45, 7) is 13.4. The van der Waals surface area contributed by atoms with Gasteiger partial charge in [-0.15, -0.1) is 0 Å². The van der Waals surface area contributed by atoms with E-state index in [1.807, 2.05) is 18.2 Å². The first kappa shape index (κ1) is 23.2. The van der Waals surface area contributed by atoms with E-state index in [4.69, 9.17) is 9.47 Å². The van der Waals surface area contributed by atoms with Crippen LogP contribution >= 0.6 is 21.6 Å². The Hall–Kier alpha value is -0.880. The summed E-state index contributed by atoms with van der Waals surface area (Å²) in [5.74, 6) is 1.27. The number of rotatable bonds is 11. The summed E-state index contributed by atoms with van der Waals surface area (Å²) in [7, 11) is 3.19. The van der Waals surface area contributed by atoms with Crippen molar-refractivity contribution in [3.05, 3.63) is 24.4 Å². The van der Waals surface area contributed by atoms with Crippen LogP contribution in [0.25, 0.3) is 0 Å². The monoisotopic (exact) mass is 399 g/mol. The molecular formula is C20H33NO3S2. The first-order valence-corrected chi connectivity index (χ1v) is 11.7. The van der Waals surface area contributed by atoms with E-state index >= 15 is 0 Å². The van der Waals surface area contributed by atoms with Crippen molar-refractivity contribution in [1.29, 1.82) is 0 Å². The molecule has 0 aromatic carbocycles. The van der Waals surface area contributed by atoms with Gasteiger partial charge in [0, 0.05) is 11.9 Å². The minimum Gasteiger partial charge on any atom is -0.433 e. The first-order valence-electron chi connectivity index (χ1n) is 9.35. The highest BCUT2D eigenvalue weighted by molar-refractivity contribution is 8.76. The molecule has 26 heavy (non-hydrogen) atoms. The number of pyridine rings is 1. The van der Waals surface area contributed by atoms with Gasteiger partial charge in [0.25, 0.3) is 0 Å². The maximum absolute atomic E-state index is 12.2. The normalized spacial score (nSPS) is 15.2. The Balaban J connectivity index is 2.41. The molecule has 1 aromatic heterocycles. The third-order valence-electron chi connectivity index (χ3n) is 5.24. The van der Waals surface area contributed by atoms with Crippen molar-refractivity contribution in [3.8, 4) is 0 Å². The van der Waals surface area contributed by atoms with Gasteiger partial charge < -0.3 is 9.47 Å². The molecule has 0 radical (unpaired) electrons. The van der Waals surface area contributed by atoms with Crippen molar-refractivity contribution in [2.75, 3.05) is 12.4 Å². The van der Waals surface area contributed by atoms with Crippen LogP contribution in [-0.2, 0) is 9.47 Å². The summed E-state index contributed by atoms with van der Waals surface area (Å²) in [4.78, 5) is 16.4. The molecule has 1 heterocycles. The van der Waals surface area contributed by atoms with Crippen molar-refractivity contribution >= 4 is 27.7 Å². The Morgan fingerprint density at radius 2 is 2.00 bits per heavy atom. The van der Waals surface area contributed by atoms with E-state index in [1.54, 1.807) is 27.8 Å². The van der Waals surface area contributed by atoms with Crippen LogP contribution in [0.1, 0.15) is 54.4 Å². The standard InChI is InChI=1S/C20H33NO3S2/c1-7-15(3)18(16(4)20(5,6)8-2)24-19(22)23-13-14-25-26-17-11-9-10-12-21-17/h9-12,15-16,18H,7-8,13-14H2,1-6H3/t15?,16?,18-/m0/s1. The predicted molar refractivity (Wildman–Crippen MR) is 111 cm³/mol. The largest absolute Gasteiger partial charge is 0.508 e. The van der Waals surface area contributed by atoms with Crippen LogP contribution in [0.15, 0.2) is 29.4 Å². The van der Waals surface area contributed by atoms with E-state index in [1.165, 1.54) is 0 Å². The topological polar surface area (TPSA) is 48.4 Å². The average Bonchev–Trinajstić information content (AvgIpc) is 2.65. The average molecular weight is 400 g/mol. The lowest BCUT2D eigenvalue weighted by Crippen LogP contribution is -2.39. The van der Waals surface area contributed by atoms with Crippen molar-refractivity contribution in [3.63, 3.8) is 0 Å². The fourth-order valence-electron chi connectivity index (χ4n) is 2.51. The SMILES string of the molecule is CCC(C)[C@H](OC(=O)OCCSSc1ccccn1)C(C)C(C)(C)CC. The second kappa shape index (κ2) is 11.8. The minimum absolute atomic E-state index is 0.115. The van der Waals surface area contributed by atoms with Gasteiger partial charge in [0.2, 0.25) is 0 Å². The lowest BCUT2D eigenvalue weighted by Gasteiger charge is -2.38. The molecule has 0 saturated heterocycles. The number of aromatic nitrogens is 1. The summed E-state index contributed by atoms with van der Waals surface area (Å²) in [6, 6.07) is 5.81. The summed E-state index contributed by atoms with van der Waals surface area (Å²) in [6.07, 6.45) is 3.10. The Morgan fingerprint density at radius 1 is 1.27 bits per heavy atom. The smallest absolute Gasteiger partial charge is 0.433 e. The molecule has 1 rings (SSSR count). The van der Waals surface area contributed by atoms with Gasteiger partial charge in [0.05, 0.1) is 0 Å². The van der Waals surface area contributed by atoms with E-state index in [2.05, 4.69) is 46.5 Å². The van der Waals surface area contributed by atoms with Gasteiger partial charge in [0.15, 0.2) is 0 Å². The third kappa shape index (κ3) is 7.78. The molecule has 0 bridgehead atoms. The molecule has 0 aliphatic rings. The highest BCUT2D eigenvalue weighted by Gasteiger charge is 2.36. The fourth-order valence-corrected chi connectivity index (χ4v) is 4.22. The van der Waals surface area contributed by atoms with Crippen LogP contribution in [0.2, 0.25) is 0 Å². The molecule has 1 aromatic rings. The van der Waals surface area contributed by atoms with Gasteiger partial charge in [-0.3, -0.25) is 0 Å². The molecule has 148 valence electrons. The Bertz CT molecular complexity index is 525. The number of nitrogens with zero attached hydrogens (tertiary/aromatic N) is 1. The summed E-state index contributed by atoms with van der Waals surface area (Å²) in [5, 5.41) is 0.951. The maximum Gasteiger partial charge on any atom is 0.508 e. The van der Waals surface area contributed by atoms with Crippen LogP contribution in [0.5, 0.6) is 0 Å². The van der Waals surface area contributed by atoms with E-state index in [0.29, 0.717) is 18.3 Å². The Morgan fingerprint density at radius 3 is 2.58 bits per heavy atom. The highest BCUT2D eigenvalue weighted by atomic mass is 33.1. The maximum atomic E-state index is 12.2. The molecule has 0 aliphatic carbocycles. The number of carbonyl (C=O) groups is 1. The van der Waals surface area contributed by atoms with E-state index < -0.39 is 6.16 Å². The number of hydrogen-bond donors (Lipinski definition) is 0. The van der Waals surface area contributed by atoms with Crippen LogP contribution in [-0.4, -0.2) is 29.6 Å². The molecule has 0 N–H and O–H groups in total. The molecular weight excluding hydrogens is 366 g/mol. The van der Waals surface area contributed by atoms with Crippen molar-refractivity contribution < 1.29 is 14.3 Å². The molecule has 0 spiro atoms. The quantitative estimate of drug-likeness (QED) is 0.242. The number of carbonyl (C=O) groups excluding carboxylic acids is 1. The van der Waals surface area contributed by atoms with Gasteiger partial charge in [-0.05, 0) is 40.2 Å². The molecule has 2 unspecified atom stereocenters. The highest BCUT2D eigenvalue weighted by Crippen LogP contribution is 2.37. The van der Waals surface area contributed by atoms with Crippen LogP contribution in [0.4, 0.5) is 4.79 Å². The zero-order valence-corrected chi connectivity index (χ0v) is 18.5. The van der Waals surface area contributed by atoms with Gasteiger partial charge in [-0.25, -0.2) is 9.78 Å². The predicted octanol–water partition coefficient (Wildman–Crippen LogP) is 6.46. The van der Waals surface area contributed by atoms with Crippen molar-refractivity contribution in [2.45, 2.75) is 65.5 Å². The molecule has 0 amide bonds. The molecule has 0 fully saturated rings. The van der Waals surface area contributed by atoms with Crippen LogP contribution < -0.4 is 0 Å². The van der Waals surface area contributed by atoms with Crippen LogP contribution in [0, 0.1) is 17.3 Å². The van der Waals surface area contributed by atoms with E-state index in [0.717, 1.165) is 17.9 Å². The summed E-state index contributed by atoms with van der Waals surface area (Å²) >= 11 is 0. The molecule has 0 saturated carbocycles. The van der Waals surface area contributed by atoms with Gasteiger partial charge >= 0.3 is 6.16 Å². The number of hydrogen-bond acceptors (Lipinski definition) is 6. The second-order valence-electron chi connectivity index (χ2n) is 7.27. The van der Waals surface area contributed by atoms with Gasteiger partial charge in [0.1, 0.15) is 17.7 Å². The Labute approximate surface area is 166 Å². The van der Waals surface area contributed by atoms with Crippen LogP contribution in [0.3, 0.4) is 0 Å². The van der Waals surface area contributed by atoms with Crippen molar-refractivity contribution in [2.24, 2.45) is 17.3 Å². The number of ether oxygens (including phenoxy) is 2. The lowest BCUT2D eigenvalue weighted by molar-refractivity contribution is -0.0427. The third-order valence-corrected chi connectivity index (χ3v) is 7.47. The fraction of sp³-hybridized carbons (Fsp3) is 0.700. The van der Waals surface area contributed by atoms with E-state index in [9.17, 15) is 4.79 Å². The first-order chi connectivity index (χ1) is 12.3. The zero-order valence-electron chi connectivity index (χ0n) is 16.9. The lowest BCUT2D eigenvalue weighted by atomic mass is 9.72. The molecule has 0 aliphatic heterocycles. The van der Waals surface area contributed by atoms with Gasteiger partial charge in [-0.2, -0.15) is 0 Å². The summed E-state index contributed by atoms with van der Waals surface area (Å²) < 4.78 is 11.0. The minimum atomic E-state index is -0.558. The van der Waals surface area contributed by atoms with Crippen molar-refractivity contribution in [1.82, 2.24) is 4.98 Å². The molecule has 6 heteroatoms. The zero-order chi connectivity index (χ0) is 19.6. The molecule has 3 atom stereocenters. The summed E-state index contributed by atoms with van der Waals surface area (Å²) in [5.41, 5.74) is 0.115.